The van der Waals surface area contributed by atoms with Gasteiger partial charge in [-0.05, 0) is 43.7 Å². The zero-order valence-corrected chi connectivity index (χ0v) is 19.5. The van der Waals surface area contributed by atoms with E-state index >= 15 is 0 Å². The average molecular weight is 454 g/mol. The summed E-state index contributed by atoms with van der Waals surface area (Å²) < 4.78 is 1.88. The van der Waals surface area contributed by atoms with Crippen molar-refractivity contribution in [1.82, 2.24) is 14.9 Å². The Morgan fingerprint density at radius 1 is 1.25 bits per heavy atom. The largest absolute Gasteiger partial charge is 0.354 e. The van der Waals surface area contributed by atoms with Crippen LogP contribution in [0.25, 0.3) is 11.3 Å². The number of hydrogen-bond acceptors (Lipinski definition) is 6. The third-order valence-corrected chi connectivity index (χ3v) is 4.80. The Hall–Kier alpha value is -3.77. The van der Waals surface area contributed by atoms with Crippen molar-refractivity contribution >= 4 is 35.1 Å². The van der Waals surface area contributed by atoms with Gasteiger partial charge in [-0.1, -0.05) is 13.8 Å². The summed E-state index contributed by atoms with van der Waals surface area (Å²) in [4.78, 5) is 36.6. The van der Waals surface area contributed by atoms with Gasteiger partial charge < -0.3 is 20.0 Å². The number of aryl methyl sites for hydroxylation is 2. The minimum absolute atomic E-state index is 0.145. The number of benzene rings is 1. The molecular weight excluding hydrogens is 426 g/mol. The summed E-state index contributed by atoms with van der Waals surface area (Å²) >= 11 is 1.29. The molecule has 0 saturated carbocycles. The van der Waals surface area contributed by atoms with Gasteiger partial charge in [0.15, 0.2) is 5.13 Å². The molecule has 2 heterocycles. The first-order valence-corrected chi connectivity index (χ1v) is 10.9. The maximum atomic E-state index is 12.1. The molecule has 2 amide bonds. The summed E-state index contributed by atoms with van der Waals surface area (Å²) in [5.74, 6) is -0.655. The van der Waals surface area contributed by atoms with Gasteiger partial charge in [0, 0.05) is 29.9 Å². The predicted octanol–water partition coefficient (Wildman–Crippen LogP) is 4.02. The fourth-order valence-electron chi connectivity index (χ4n) is 2.66. The zero-order valence-electron chi connectivity index (χ0n) is 18.6. The minimum Gasteiger partial charge on any atom is -0.354 e. The second-order valence-electron chi connectivity index (χ2n) is 6.20. The molecule has 0 saturated heterocycles. The van der Waals surface area contributed by atoms with Crippen LogP contribution in [0.3, 0.4) is 0 Å². The molecule has 0 fully saturated rings. The molecule has 2 N–H and O–H groups in total. The summed E-state index contributed by atoms with van der Waals surface area (Å²) in [6, 6.07) is 9.33. The van der Waals surface area contributed by atoms with E-state index in [-0.39, 0.29) is 18.4 Å². The van der Waals surface area contributed by atoms with Gasteiger partial charge in [0.25, 0.3) is 5.91 Å². The molecule has 0 radical (unpaired) electrons. The topological polar surface area (TPSA) is 117 Å². The Morgan fingerprint density at radius 2 is 1.97 bits per heavy atom. The van der Waals surface area contributed by atoms with E-state index in [9.17, 15) is 9.59 Å². The van der Waals surface area contributed by atoms with E-state index < -0.39 is 0 Å². The SMILES string of the molecule is C=O.CC.CCn1ccc(C(=O)NCC(=O)Nc2nc(-c3cc(C)cc(C#N)c3)cs2)c1. The molecule has 8 nitrogen and oxygen atoms in total. The molecule has 32 heavy (non-hydrogen) atoms. The first-order valence-electron chi connectivity index (χ1n) is 9.99. The lowest BCUT2D eigenvalue weighted by molar-refractivity contribution is -0.115. The van der Waals surface area contributed by atoms with Crippen molar-refractivity contribution in [2.75, 3.05) is 11.9 Å². The quantitative estimate of drug-likeness (QED) is 0.585. The maximum Gasteiger partial charge on any atom is 0.253 e. The molecule has 0 aliphatic rings. The Morgan fingerprint density at radius 3 is 2.59 bits per heavy atom. The molecule has 0 spiro atoms. The third-order valence-electron chi connectivity index (χ3n) is 4.04. The number of nitrogens with one attached hydrogen (secondary N) is 2. The zero-order chi connectivity index (χ0) is 24.1. The van der Waals surface area contributed by atoms with Crippen molar-refractivity contribution in [3.8, 4) is 17.3 Å². The monoisotopic (exact) mass is 453 g/mol. The van der Waals surface area contributed by atoms with Crippen LogP contribution in [0.1, 0.15) is 42.3 Å². The van der Waals surface area contributed by atoms with Crippen molar-refractivity contribution in [2.45, 2.75) is 34.2 Å². The van der Waals surface area contributed by atoms with E-state index in [0.717, 1.165) is 17.7 Å². The van der Waals surface area contributed by atoms with Gasteiger partial charge >= 0.3 is 0 Å². The smallest absolute Gasteiger partial charge is 0.253 e. The van der Waals surface area contributed by atoms with E-state index in [1.165, 1.54) is 11.3 Å². The summed E-state index contributed by atoms with van der Waals surface area (Å²) in [6.45, 7) is 10.5. The molecule has 0 atom stereocenters. The number of anilines is 1. The highest BCUT2D eigenvalue weighted by molar-refractivity contribution is 7.14. The summed E-state index contributed by atoms with van der Waals surface area (Å²) in [5.41, 5.74) is 3.55. The lowest BCUT2D eigenvalue weighted by Gasteiger charge is -2.04. The number of nitrogens with zero attached hydrogens (tertiary/aromatic N) is 3. The van der Waals surface area contributed by atoms with E-state index in [2.05, 4.69) is 21.7 Å². The van der Waals surface area contributed by atoms with Crippen LogP contribution in [0.4, 0.5) is 5.13 Å². The minimum atomic E-state index is -0.355. The Labute approximate surface area is 191 Å². The number of aromatic nitrogens is 2. The van der Waals surface area contributed by atoms with Crippen LogP contribution in [0.2, 0.25) is 0 Å². The standard InChI is InChI=1S/C20H19N5O2S.C2H6.CH2O/c1-3-25-5-4-15(11-25)19(27)22-10-18(26)24-20-23-17(12-28-20)16-7-13(2)6-14(8-16)9-21;2*1-2/h4-8,11-12H,3,10H2,1-2H3,(H,22,27)(H,23,24,26);1-2H3;1H2. The normalized spacial score (nSPS) is 9.34. The van der Waals surface area contributed by atoms with Crippen molar-refractivity contribution in [1.29, 1.82) is 5.26 Å². The van der Waals surface area contributed by atoms with Crippen LogP contribution < -0.4 is 10.6 Å². The molecule has 0 bridgehead atoms. The van der Waals surface area contributed by atoms with Gasteiger partial charge in [-0.3, -0.25) is 9.59 Å². The molecule has 2 aromatic heterocycles. The number of thiazole rings is 1. The number of amides is 2. The first-order chi connectivity index (χ1) is 15.5. The van der Waals surface area contributed by atoms with Crippen molar-refractivity contribution in [3.63, 3.8) is 0 Å². The molecular formula is C23H27N5O3S. The van der Waals surface area contributed by atoms with Gasteiger partial charge in [0.2, 0.25) is 5.91 Å². The molecule has 3 rings (SSSR count). The summed E-state index contributed by atoms with van der Waals surface area (Å²) in [6.07, 6.45) is 3.55. The van der Waals surface area contributed by atoms with E-state index in [1.807, 2.05) is 56.7 Å². The van der Waals surface area contributed by atoms with Gasteiger partial charge in [0.05, 0.1) is 29.4 Å². The van der Waals surface area contributed by atoms with Crippen LogP contribution in [-0.4, -0.2) is 34.7 Å². The Bertz CT molecular complexity index is 1080. The van der Waals surface area contributed by atoms with Gasteiger partial charge in [-0.15, -0.1) is 11.3 Å². The highest BCUT2D eigenvalue weighted by atomic mass is 32.1. The molecule has 168 valence electrons. The Balaban J connectivity index is 0.00000121. The fourth-order valence-corrected chi connectivity index (χ4v) is 3.39. The Kier molecular flexibility index (Phi) is 11.1. The van der Waals surface area contributed by atoms with E-state index in [0.29, 0.717) is 22.0 Å². The maximum absolute atomic E-state index is 12.1. The van der Waals surface area contributed by atoms with Gasteiger partial charge in [-0.2, -0.15) is 5.26 Å². The van der Waals surface area contributed by atoms with E-state index in [1.54, 1.807) is 24.4 Å². The molecule has 1 aromatic carbocycles. The highest BCUT2D eigenvalue weighted by Crippen LogP contribution is 2.26. The molecule has 0 unspecified atom stereocenters. The van der Waals surface area contributed by atoms with Gasteiger partial charge in [0.1, 0.15) is 6.79 Å². The second kappa shape index (κ2) is 13.5. The van der Waals surface area contributed by atoms with Crippen molar-refractivity contribution in [3.05, 3.63) is 58.7 Å². The summed E-state index contributed by atoms with van der Waals surface area (Å²) in [5, 5.41) is 16.6. The lowest BCUT2D eigenvalue weighted by Crippen LogP contribution is -2.32. The average Bonchev–Trinajstić information content (AvgIpc) is 3.49. The first kappa shape index (κ1) is 26.3. The van der Waals surface area contributed by atoms with Crippen LogP contribution in [0, 0.1) is 18.3 Å². The number of carbonyl (C=O) groups excluding carboxylic acids is 3. The lowest BCUT2D eigenvalue weighted by atomic mass is 10.1. The van der Waals surface area contributed by atoms with Crippen LogP contribution >= 0.6 is 11.3 Å². The number of carbonyl (C=O) groups is 3. The number of nitriles is 1. The number of hydrogen-bond donors (Lipinski definition) is 2. The predicted molar refractivity (Wildman–Crippen MR) is 127 cm³/mol. The van der Waals surface area contributed by atoms with Gasteiger partial charge in [-0.25, -0.2) is 4.98 Å². The van der Waals surface area contributed by atoms with E-state index in [4.69, 9.17) is 10.1 Å². The number of rotatable bonds is 6. The molecule has 3 aromatic rings. The molecule has 9 heteroatoms. The van der Waals surface area contributed by atoms with Crippen molar-refractivity contribution in [2.24, 2.45) is 0 Å². The fraction of sp³-hybridized carbons (Fsp3) is 0.261. The molecule has 0 aliphatic heterocycles. The van der Waals surface area contributed by atoms with Crippen LogP contribution in [0.15, 0.2) is 42.0 Å². The van der Waals surface area contributed by atoms with Crippen LogP contribution in [-0.2, 0) is 16.1 Å². The third kappa shape index (κ3) is 7.49. The molecule has 0 aliphatic carbocycles. The second-order valence-corrected chi connectivity index (χ2v) is 7.06. The van der Waals surface area contributed by atoms with Crippen molar-refractivity contribution < 1.29 is 14.4 Å². The summed E-state index contributed by atoms with van der Waals surface area (Å²) in [7, 11) is 0. The van der Waals surface area contributed by atoms with Crippen LogP contribution in [0.5, 0.6) is 0 Å². The highest BCUT2D eigenvalue weighted by Gasteiger charge is 2.12.